The van der Waals surface area contributed by atoms with E-state index >= 15 is 0 Å². The average Bonchev–Trinajstić information content (AvgIpc) is 3.08. The molecule has 1 aliphatic heterocycles. The van der Waals surface area contributed by atoms with Crippen molar-refractivity contribution >= 4 is 33.4 Å². The number of ether oxygens (including phenoxy) is 2. The van der Waals surface area contributed by atoms with E-state index in [1.54, 1.807) is 60.9 Å². The van der Waals surface area contributed by atoms with Crippen molar-refractivity contribution in [2.24, 2.45) is 0 Å². The predicted octanol–water partition coefficient (Wildman–Crippen LogP) is 4.22. The second-order valence-electron chi connectivity index (χ2n) is 10.3. The van der Waals surface area contributed by atoms with Crippen LogP contribution in [0.4, 0.5) is 0 Å². The molecule has 2 amide bonds. The van der Waals surface area contributed by atoms with E-state index in [1.807, 2.05) is 18.2 Å². The van der Waals surface area contributed by atoms with Gasteiger partial charge in [-0.1, -0.05) is 54.1 Å². The number of morpholine rings is 1. The number of hydrogen-bond donors (Lipinski definition) is 1. The lowest BCUT2D eigenvalue weighted by atomic mass is 10.0. The minimum atomic E-state index is -3.67. The Balaban J connectivity index is 1.36. The molecule has 234 valence electrons. The van der Waals surface area contributed by atoms with Crippen molar-refractivity contribution in [2.75, 3.05) is 32.9 Å². The van der Waals surface area contributed by atoms with Crippen LogP contribution in [0.25, 0.3) is 0 Å². The summed E-state index contributed by atoms with van der Waals surface area (Å²) in [5, 5.41) is 3.51. The third kappa shape index (κ3) is 8.46. The van der Waals surface area contributed by atoms with Crippen molar-refractivity contribution < 1.29 is 27.5 Å². The van der Waals surface area contributed by atoms with Gasteiger partial charge >= 0.3 is 0 Å². The fraction of sp³-hybridized carbons (Fsp3) is 0.242. The van der Waals surface area contributed by atoms with Crippen molar-refractivity contribution in [1.29, 1.82) is 0 Å². The molecule has 10 nitrogen and oxygen atoms in total. The van der Waals surface area contributed by atoms with Crippen LogP contribution in [0.3, 0.4) is 0 Å². The smallest absolute Gasteiger partial charge is 0.261 e. The van der Waals surface area contributed by atoms with Gasteiger partial charge in [0.05, 0.1) is 18.1 Å². The highest BCUT2D eigenvalue weighted by molar-refractivity contribution is 7.89. The monoisotopic (exact) mass is 648 g/mol. The molecule has 0 spiro atoms. The molecule has 2 heterocycles. The highest BCUT2D eigenvalue weighted by atomic mass is 35.5. The van der Waals surface area contributed by atoms with E-state index in [2.05, 4.69) is 10.3 Å². The van der Waals surface area contributed by atoms with Gasteiger partial charge in [0.2, 0.25) is 15.9 Å². The molecular formula is C33H33ClN4O6S. The van der Waals surface area contributed by atoms with Crippen LogP contribution in [-0.4, -0.2) is 67.3 Å². The molecule has 1 aliphatic rings. The standard InChI is InChI=1S/C33H33ClN4O6S/c34-28-8-6-26(7-9-28)23-38(32(27-4-2-1-3-5-27)33(40)36-22-25-14-16-35-17-15-25)31(39)24-44-29-10-12-30(13-11-29)45(41,42)37-18-20-43-21-19-37/h1-17,32H,18-24H2,(H,36,40). The third-order valence-electron chi connectivity index (χ3n) is 7.27. The maximum atomic E-state index is 13.9. The van der Waals surface area contributed by atoms with E-state index < -0.39 is 22.0 Å². The van der Waals surface area contributed by atoms with E-state index in [0.717, 1.165) is 11.1 Å². The summed E-state index contributed by atoms with van der Waals surface area (Å²) in [5.74, 6) is -0.491. The quantitative estimate of drug-likeness (QED) is 0.244. The zero-order chi connectivity index (χ0) is 31.6. The Kier molecular flexibility index (Phi) is 10.8. The normalized spacial score (nSPS) is 14.3. The second kappa shape index (κ2) is 15.1. The molecule has 1 saturated heterocycles. The topological polar surface area (TPSA) is 118 Å². The zero-order valence-electron chi connectivity index (χ0n) is 24.4. The molecule has 1 unspecified atom stereocenters. The number of nitrogens with one attached hydrogen (secondary N) is 1. The minimum absolute atomic E-state index is 0.109. The first-order valence-corrected chi connectivity index (χ1v) is 16.2. The molecular weight excluding hydrogens is 616 g/mol. The summed E-state index contributed by atoms with van der Waals surface area (Å²) in [7, 11) is -3.67. The molecule has 0 saturated carbocycles. The van der Waals surface area contributed by atoms with Gasteiger partial charge in [0, 0.05) is 43.6 Å². The SMILES string of the molecule is O=C(NCc1ccncc1)C(c1ccccc1)N(Cc1ccc(Cl)cc1)C(=O)COc1ccc(S(=O)(=O)N2CCOCC2)cc1. The van der Waals surface area contributed by atoms with Gasteiger partial charge in [0.15, 0.2) is 6.61 Å². The van der Waals surface area contributed by atoms with E-state index in [9.17, 15) is 18.0 Å². The van der Waals surface area contributed by atoms with Gasteiger partial charge < -0.3 is 19.7 Å². The fourth-order valence-electron chi connectivity index (χ4n) is 4.88. The van der Waals surface area contributed by atoms with Gasteiger partial charge in [0.1, 0.15) is 11.8 Å². The number of benzene rings is 3. The molecule has 0 bridgehead atoms. The number of carbonyl (C=O) groups is 2. The van der Waals surface area contributed by atoms with Crippen molar-refractivity contribution in [3.8, 4) is 5.75 Å². The zero-order valence-corrected chi connectivity index (χ0v) is 26.0. The van der Waals surface area contributed by atoms with E-state index in [-0.39, 0.29) is 43.6 Å². The molecule has 1 N–H and O–H groups in total. The number of halogens is 1. The van der Waals surface area contributed by atoms with Crippen molar-refractivity contribution in [2.45, 2.75) is 24.0 Å². The van der Waals surface area contributed by atoms with Crippen LogP contribution in [0, 0.1) is 0 Å². The first kappa shape index (κ1) is 32.1. The van der Waals surface area contributed by atoms with Gasteiger partial charge in [-0.2, -0.15) is 4.31 Å². The molecule has 0 aliphatic carbocycles. The molecule has 4 aromatic rings. The fourth-order valence-corrected chi connectivity index (χ4v) is 6.41. The number of amides is 2. The van der Waals surface area contributed by atoms with Crippen LogP contribution in [0.15, 0.2) is 108 Å². The minimum Gasteiger partial charge on any atom is -0.484 e. The summed E-state index contributed by atoms with van der Waals surface area (Å²) in [6.45, 7) is 1.25. The Morgan fingerprint density at radius 3 is 2.24 bits per heavy atom. The first-order chi connectivity index (χ1) is 21.8. The van der Waals surface area contributed by atoms with Gasteiger partial charge in [-0.25, -0.2) is 8.42 Å². The average molecular weight is 649 g/mol. The largest absolute Gasteiger partial charge is 0.484 e. The number of rotatable bonds is 12. The lowest BCUT2D eigenvalue weighted by Crippen LogP contribution is -2.45. The first-order valence-electron chi connectivity index (χ1n) is 14.4. The lowest BCUT2D eigenvalue weighted by Gasteiger charge is -2.31. The maximum absolute atomic E-state index is 13.9. The Morgan fingerprint density at radius 1 is 0.911 bits per heavy atom. The van der Waals surface area contributed by atoms with Crippen molar-refractivity contribution in [3.05, 3.63) is 125 Å². The second-order valence-corrected chi connectivity index (χ2v) is 12.7. The van der Waals surface area contributed by atoms with Gasteiger partial charge in [-0.3, -0.25) is 14.6 Å². The predicted molar refractivity (Wildman–Crippen MR) is 169 cm³/mol. The number of aromatic nitrogens is 1. The molecule has 5 rings (SSSR count). The van der Waals surface area contributed by atoms with Gasteiger partial charge in [-0.15, -0.1) is 0 Å². The summed E-state index contributed by atoms with van der Waals surface area (Å²) in [6.07, 6.45) is 3.29. The number of carbonyl (C=O) groups excluding carboxylic acids is 2. The van der Waals surface area contributed by atoms with Crippen LogP contribution in [0.2, 0.25) is 5.02 Å². The molecule has 1 fully saturated rings. The highest BCUT2D eigenvalue weighted by Crippen LogP contribution is 2.26. The molecule has 0 radical (unpaired) electrons. The summed E-state index contributed by atoms with van der Waals surface area (Å²) in [5.41, 5.74) is 2.26. The summed E-state index contributed by atoms with van der Waals surface area (Å²) in [4.78, 5) is 33.3. The van der Waals surface area contributed by atoms with E-state index in [0.29, 0.717) is 29.5 Å². The number of nitrogens with zero attached hydrogens (tertiary/aromatic N) is 3. The highest BCUT2D eigenvalue weighted by Gasteiger charge is 2.32. The molecule has 3 aromatic carbocycles. The Labute approximate surface area is 267 Å². The van der Waals surface area contributed by atoms with Crippen LogP contribution < -0.4 is 10.1 Å². The van der Waals surface area contributed by atoms with Crippen molar-refractivity contribution in [1.82, 2.24) is 19.5 Å². The number of hydrogen-bond acceptors (Lipinski definition) is 7. The molecule has 1 atom stereocenters. The Bertz CT molecular complexity index is 1670. The molecule has 45 heavy (non-hydrogen) atoms. The maximum Gasteiger partial charge on any atom is 0.261 e. The molecule has 1 aromatic heterocycles. The number of pyridine rings is 1. The van der Waals surface area contributed by atoms with E-state index in [1.165, 1.54) is 33.5 Å². The Hall–Kier alpha value is -4.29. The lowest BCUT2D eigenvalue weighted by molar-refractivity contribution is -0.143. The van der Waals surface area contributed by atoms with Crippen LogP contribution >= 0.6 is 11.6 Å². The summed E-state index contributed by atoms with van der Waals surface area (Å²) < 4.78 is 38.5. The number of sulfonamides is 1. The van der Waals surface area contributed by atoms with Gasteiger partial charge in [-0.05, 0) is 65.2 Å². The van der Waals surface area contributed by atoms with Crippen molar-refractivity contribution in [3.63, 3.8) is 0 Å². The van der Waals surface area contributed by atoms with Gasteiger partial charge in [0.25, 0.3) is 5.91 Å². The summed E-state index contributed by atoms with van der Waals surface area (Å²) >= 11 is 6.11. The van der Waals surface area contributed by atoms with E-state index in [4.69, 9.17) is 21.1 Å². The van der Waals surface area contributed by atoms with Crippen LogP contribution in [0.5, 0.6) is 5.75 Å². The summed E-state index contributed by atoms with van der Waals surface area (Å²) in [6, 6.07) is 24.7. The third-order valence-corrected chi connectivity index (χ3v) is 9.44. The Morgan fingerprint density at radius 2 is 1.58 bits per heavy atom. The molecule has 12 heteroatoms. The van der Waals surface area contributed by atoms with Crippen LogP contribution in [0.1, 0.15) is 22.7 Å². The van der Waals surface area contributed by atoms with Crippen LogP contribution in [-0.2, 0) is 37.4 Å².